The van der Waals surface area contributed by atoms with Crippen molar-refractivity contribution in [1.82, 2.24) is 4.98 Å². The van der Waals surface area contributed by atoms with E-state index in [-0.39, 0.29) is 0 Å². The number of nitrogens with zero attached hydrogens (tertiary/aromatic N) is 1. The molecule has 22 heavy (non-hydrogen) atoms. The molecule has 110 valence electrons. The predicted octanol–water partition coefficient (Wildman–Crippen LogP) is 3.90. The molecule has 3 nitrogen and oxygen atoms in total. The molecule has 1 aromatic heterocycles. The Hall–Kier alpha value is -2.89. The molecule has 1 amide bonds. The number of hydrogen-bond donors (Lipinski definition) is 1. The Kier molecular flexibility index (Phi) is 3.50. The lowest BCUT2D eigenvalue weighted by Crippen LogP contribution is -2.15. The highest BCUT2D eigenvalue weighted by Crippen LogP contribution is 2.23. The van der Waals surface area contributed by atoms with Gasteiger partial charge in [0.2, 0.25) is 0 Å². The summed E-state index contributed by atoms with van der Waals surface area (Å²) >= 11 is 0. The number of benzene rings is 2. The number of amides is 1. The second-order valence-corrected chi connectivity index (χ2v) is 4.55. The Labute approximate surface area is 123 Å². The van der Waals surface area contributed by atoms with Gasteiger partial charge < -0.3 is 5.32 Å². The third kappa shape index (κ3) is 2.39. The van der Waals surface area contributed by atoms with E-state index < -0.39 is 28.9 Å². The standard InChI is InChI=1S/C16H9F3N2O/c17-11-7-6-10(14(18)15(11)19)16(22)21-13-5-1-4-12-9(13)3-2-8-20-12/h1-8H,(H,21,22). The fourth-order valence-electron chi connectivity index (χ4n) is 2.10. The monoisotopic (exact) mass is 302 g/mol. The lowest BCUT2D eigenvalue weighted by Gasteiger charge is -2.09. The molecule has 0 aliphatic rings. The second-order valence-electron chi connectivity index (χ2n) is 4.55. The van der Waals surface area contributed by atoms with Gasteiger partial charge >= 0.3 is 0 Å². The number of aromatic nitrogens is 1. The van der Waals surface area contributed by atoms with Gasteiger partial charge in [-0.3, -0.25) is 9.78 Å². The summed E-state index contributed by atoms with van der Waals surface area (Å²) in [6.07, 6.45) is 1.60. The molecule has 1 N–H and O–H groups in total. The number of carbonyl (C=O) groups is 1. The highest BCUT2D eigenvalue weighted by atomic mass is 19.2. The van der Waals surface area contributed by atoms with Gasteiger partial charge in [0, 0.05) is 11.6 Å². The van der Waals surface area contributed by atoms with Crippen LogP contribution in [0.25, 0.3) is 10.9 Å². The van der Waals surface area contributed by atoms with Crippen LogP contribution < -0.4 is 5.32 Å². The van der Waals surface area contributed by atoms with Crippen LogP contribution >= 0.6 is 0 Å². The van der Waals surface area contributed by atoms with Crippen molar-refractivity contribution >= 4 is 22.5 Å². The zero-order chi connectivity index (χ0) is 15.7. The fourth-order valence-corrected chi connectivity index (χ4v) is 2.10. The number of pyridine rings is 1. The molecule has 0 radical (unpaired) electrons. The normalized spacial score (nSPS) is 10.7. The van der Waals surface area contributed by atoms with Crippen LogP contribution in [0, 0.1) is 17.5 Å². The molecular formula is C16H9F3N2O. The maximum Gasteiger partial charge on any atom is 0.258 e. The van der Waals surface area contributed by atoms with Crippen molar-refractivity contribution in [3.63, 3.8) is 0 Å². The van der Waals surface area contributed by atoms with E-state index in [9.17, 15) is 18.0 Å². The zero-order valence-electron chi connectivity index (χ0n) is 11.1. The molecule has 0 fully saturated rings. The summed E-state index contributed by atoms with van der Waals surface area (Å²) in [5.41, 5.74) is 0.477. The van der Waals surface area contributed by atoms with E-state index >= 15 is 0 Å². The molecule has 0 bridgehead atoms. The van der Waals surface area contributed by atoms with Crippen molar-refractivity contribution in [1.29, 1.82) is 0 Å². The minimum Gasteiger partial charge on any atom is -0.321 e. The van der Waals surface area contributed by atoms with Gasteiger partial charge in [0.1, 0.15) is 0 Å². The second kappa shape index (κ2) is 5.48. The first-order chi connectivity index (χ1) is 10.6. The first kappa shape index (κ1) is 14.1. The largest absolute Gasteiger partial charge is 0.321 e. The smallest absolute Gasteiger partial charge is 0.258 e. The van der Waals surface area contributed by atoms with Crippen molar-refractivity contribution in [2.24, 2.45) is 0 Å². The van der Waals surface area contributed by atoms with E-state index in [1.807, 2.05) is 0 Å². The third-order valence-electron chi connectivity index (χ3n) is 3.17. The molecule has 1 heterocycles. The molecule has 0 spiro atoms. The minimum absolute atomic E-state index is 0.403. The van der Waals surface area contributed by atoms with Crippen molar-refractivity contribution in [2.45, 2.75) is 0 Å². The fraction of sp³-hybridized carbons (Fsp3) is 0. The Balaban J connectivity index is 1.99. The summed E-state index contributed by atoms with van der Waals surface area (Å²) in [7, 11) is 0. The van der Waals surface area contributed by atoms with Crippen molar-refractivity contribution in [3.8, 4) is 0 Å². The van der Waals surface area contributed by atoms with E-state index in [1.54, 1.807) is 36.5 Å². The number of fused-ring (bicyclic) bond motifs is 1. The van der Waals surface area contributed by atoms with Crippen molar-refractivity contribution in [2.75, 3.05) is 5.32 Å². The Morgan fingerprint density at radius 2 is 1.77 bits per heavy atom. The van der Waals surface area contributed by atoms with Gasteiger partial charge in [-0.05, 0) is 36.4 Å². The van der Waals surface area contributed by atoms with Gasteiger partial charge in [0.15, 0.2) is 17.5 Å². The van der Waals surface area contributed by atoms with Crippen molar-refractivity contribution < 1.29 is 18.0 Å². The summed E-state index contributed by atoms with van der Waals surface area (Å²) in [6.45, 7) is 0. The number of anilines is 1. The summed E-state index contributed by atoms with van der Waals surface area (Å²) in [6, 6.07) is 10.1. The SMILES string of the molecule is O=C(Nc1cccc2ncccc12)c1ccc(F)c(F)c1F. The molecule has 0 aliphatic heterocycles. The number of halogens is 3. The number of hydrogen-bond acceptors (Lipinski definition) is 2. The van der Waals surface area contributed by atoms with Crippen LogP contribution in [0.4, 0.5) is 18.9 Å². The van der Waals surface area contributed by atoms with Crippen LogP contribution in [0.1, 0.15) is 10.4 Å². The summed E-state index contributed by atoms with van der Waals surface area (Å²) in [5.74, 6) is -5.40. The van der Waals surface area contributed by atoms with Gasteiger partial charge in [-0.1, -0.05) is 6.07 Å². The number of nitrogens with one attached hydrogen (secondary N) is 1. The van der Waals surface area contributed by atoms with E-state index in [1.165, 1.54) is 0 Å². The van der Waals surface area contributed by atoms with Crippen LogP contribution in [0.2, 0.25) is 0 Å². The van der Waals surface area contributed by atoms with Crippen LogP contribution in [0.15, 0.2) is 48.7 Å². The van der Waals surface area contributed by atoms with E-state index in [2.05, 4.69) is 10.3 Å². The molecule has 0 atom stereocenters. The Morgan fingerprint density at radius 3 is 2.59 bits per heavy atom. The predicted molar refractivity (Wildman–Crippen MR) is 76.0 cm³/mol. The topological polar surface area (TPSA) is 42.0 Å². The van der Waals surface area contributed by atoms with E-state index in [0.29, 0.717) is 22.7 Å². The van der Waals surface area contributed by atoms with Crippen LogP contribution in [0.5, 0.6) is 0 Å². The molecule has 3 rings (SSSR count). The lowest BCUT2D eigenvalue weighted by molar-refractivity contribution is 0.102. The average Bonchev–Trinajstić information content (AvgIpc) is 2.53. The van der Waals surface area contributed by atoms with Gasteiger partial charge in [0.25, 0.3) is 5.91 Å². The molecule has 6 heteroatoms. The molecule has 0 unspecified atom stereocenters. The Bertz CT molecular complexity index is 875. The summed E-state index contributed by atoms with van der Waals surface area (Å²) < 4.78 is 39.7. The Morgan fingerprint density at radius 1 is 0.955 bits per heavy atom. The van der Waals surface area contributed by atoms with Crippen LogP contribution in [0.3, 0.4) is 0 Å². The van der Waals surface area contributed by atoms with Crippen LogP contribution in [-0.2, 0) is 0 Å². The van der Waals surface area contributed by atoms with Gasteiger partial charge in [-0.25, -0.2) is 13.2 Å². The molecule has 3 aromatic rings. The van der Waals surface area contributed by atoms with Crippen LogP contribution in [-0.4, -0.2) is 10.9 Å². The highest BCUT2D eigenvalue weighted by Gasteiger charge is 2.19. The highest BCUT2D eigenvalue weighted by molar-refractivity contribution is 6.08. The minimum atomic E-state index is -1.67. The van der Waals surface area contributed by atoms with Gasteiger partial charge in [-0.15, -0.1) is 0 Å². The number of rotatable bonds is 2. The first-order valence-electron chi connectivity index (χ1n) is 6.36. The third-order valence-corrected chi connectivity index (χ3v) is 3.17. The molecular weight excluding hydrogens is 293 g/mol. The van der Waals surface area contributed by atoms with E-state index in [0.717, 1.165) is 6.07 Å². The quantitative estimate of drug-likeness (QED) is 0.729. The lowest BCUT2D eigenvalue weighted by atomic mass is 10.1. The average molecular weight is 302 g/mol. The molecule has 0 saturated carbocycles. The van der Waals surface area contributed by atoms with Gasteiger partial charge in [0.05, 0.1) is 16.8 Å². The molecule has 2 aromatic carbocycles. The van der Waals surface area contributed by atoms with Crippen molar-refractivity contribution in [3.05, 3.63) is 71.7 Å². The summed E-state index contributed by atoms with van der Waals surface area (Å²) in [4.78, 5) is 16.2. The zero-order valence-corrected chi connectivity index (χ0v) is 11.1. The maximum atomic E-state index is 13.6. The number of carbonyl (C=O) groups excluding carboxylic acids is 1. The molecule has 0 saturated heterocycles. The first-order valence-corrected chi connectivity index (χ1v) is 6.36. The summed E-state index contributed by atoms with van der Waals surface area (Å²) in [5, 5.41) is 3.13. The maximum absolute atomic E-state index is 13.6. The van der Waals surface area contributed by atoms with E-state index in [4.69, 9.17) is 0 Å². The molecule has 0 aliphatic carbocycles. The van der Waals surface area contributed by atoms with Gasteiger partial charge in [-0.2, -0.15) is 0 Å².